The van der Waals surface area contributed by atoms with E-state index in [1.54, 1.807) is 0 Å². The number of carbonyl (C=O) groups is 1. The number of nitrogens with zero attached hydrogens (tertiary/aromatic N) is 6. The number of fused-ring (bicyclic) bond motifs is 1. The largest absolute Gasteiger partial charge is 0.353 e. The molecular weight excluding hydrogens is 282 g/mol. The summed E-state index contributed by atoms with van der Waals surface area (Å²) < 4.78 is 1.29. The summed E-state index contributed by atoms with van der Waals surface area (Å²) in [4.78, 5) is 25.2. The van der Waals surface area contributed by atoms with E-state index in [-0.39, 0.29) is 5.91 Å². The lowest BCUT2D eigenvalue weighted by atomic mass is 10.2. The zero-order chi connectivity index (χ0) is 15.5. The van der Waals surface area contributed by atoms with E-state index in [4.69, 9.17) is 0 Å². The Balaban J connectivity index is 1.45. The van der Waals surface area contributed by atoms with Gasteiger partial charge >= 0.3 is 0 Å². The third-order valence-electron chi connectivity index (χ3n) is 4.05. The zero-order valence-corrected chi connectivity index (χ0v) is 13.2. The number of piperazine rings is 1. The fourth-order valence-electron chi connectivity index (χ4n) is 2.70. The summed E-state index contributed by atoms with van der Waals surface area (Å²) in [5.41, 5.74) is 0.784. The average molecular weight is 305 g/mol. The van der Waals surface area contributed by atoms with Crippen molar-refractivity contribution in [1.82, 2.24) is 24.6 Å². The molecule has 2 aliphatic heterocycles. The van der Waals surface area contributed by atoms with Gasteiger partial charge in [0, 0.05) is 38.4 Å². The number of hydrogen-bond donors (Lipinski definition) is 1. The summed E-state index contributed by atoms with van der Waals surface area (Å²) in [6.07, 6.45) is 1.35. The first-order valence-corrected chi connectivity index (χ1v) is 7.81. The van der Waals surface area contributed by atoms with E-state index < -0.39 is 0 Å². The van der Waals surface area contributed by atoms with Crippen LogP contribution in [0, 0.1) is 0 Å². The number of nitrogens with one attached hydrogen (secondary N) is 1. The van der Waals surface area contributed by atoms with E-state index >= 15 is 0 Å². The van der Waals surface area contributed by atoms with Crippen molar-refractivity contribution < 1.29 is 4.79 Å². The predicted molar refractivity (Wildman–Crippen MR) is 85.1 cm³/mol. The first-order chi connectivity index (χ1) is 10.6. The van der Waals surface area contributed by atoms with Crippen LogP contribution in [0.15, 0.2) is 4.99 Å². The summed E-state index contributed by atoms with van der Waals surface area (Å²) in [7, 11) is 2.16. The molecule has 3 heterocycles. The minimum Gasteiger partial charge on any atom is -0.353 e. The van der Waals surface area contributed by atoms with Crippen LogP contribution >= 0.6 is 0 Å². The Hall–Kier alpha value is -1.80. The molecule has 1 aromatic rings. The Morgan fingerprint density at radius 1 is 1.23 bits per heavy atom. The van der Waals surface area contributed by atoms with Crippen molar-refractivity contribution in [2.75, 3.05) is 51.6 Å². The second kappa shape index (κ2) is 6.53. The van der Waals surface area contributed by atoms with Gasteiger partial charge in [-0.3, -0.25) is 4.79 Å². The average Bonchev–Trinajstić information content (AvgIpc) is 2.88. The van der Waals surface area contributed by atoms with Crippen molar-refractivity contribution in [3.8, 4) is 0 Å². The molecule has 0 saturated carbocycles. The highest BCUT2D eigenvalue weighted by Crippen LogP contribution is 2.18. The van der Waals surface area contributed by atoms with Crippen LogP contribution in [0.4, 0.5) is 11.9 Å². The summed E-state index contributed by atoms with van der Waals surface area (Å²) in [6.45, 7) is 8.26. The molecule has 8 heteroatoms. The summed E-state index contributed by atoms with van der Waals surface area (Å²) in [6, 6.07) is 0. The molecule has 22 heavy (non-hydrogen) atoms. The van der Waals surface area contributed by atoms with Crippen molar-refractivity contribution in [1.29, 1.82) is 0 Å². The molecule has 1 N–H and O–H groups in total. The van der Waals surface area contributed by atoms with Gasteiger partial charge in [-0.25, -0.2) is 4.99 Å². The molecule has 0 spiro atoms. The molecule has 3 rings (SSSR count). The van der Waals surface area contributed by atoms with E-state index in [0.717, 1.165) is 51.4 Å². The molecule has 0 atom stereocenters. The Morgan fingerprint density at radius 3 is 2.77 bits per heavy atom. The quantitative estimate of drug-likeness (QED) is 0.797. The number of hydrogen-bond acceptors (Lipinski definition) is 7. The molecule has 0 aliphatic carbocycles. The van der Waals surface area contributed by atoms with Gasteiger partial charge in [-0.15, -0.1) is 5.10 Å². The molecular formula is C14H23N7O. The Kier molecular flexibility index (Phi) is 4.49. The number of carbonyl (C=O) groups excluding carboxylic acids is 1. The standard InChI is InChI=1S/C14H23N7O/c1-11-10-12(22)21-14(16-11)17-13(18-21)15-4-3-5-20-8-6-19(2)7-9-20/h3-10H2,1-2H3,(H,15,18). The van der Waals surface area contributed by atoms with Gasteiger partial charge in [0.05, 0.1) is 6.42 Å². The monoisotopic (exact) mass is 305 g/mol. The van der Waals surface area contributed by atoms with E-state index in [0.29, 0.717) is 18.3 Å². The minimum absolute atomic E-state index is 0.0690. The van der Waals surface area contributed by atoms with Gasteiger partial charge in [-0.2, -0.15) is 9.67 Å². The van der Waals surface area contributed by atoms with Crippen molar-refractivity contribution >= 4 is 23.5 Å². The molecule has 0 amide bonds. The number of anilines is 1. The molecule has 8 nitrogen and oxygen atoms in total. The molecule has 1 fully saturated rings. The fraction of sp³-hybridized carbons (Fsp3) is 0.714. The third kappa shape index (κ3) is 3.50. The summed E-state index contributed by atoms with van der Waals surface area (Å²) in [5, 5.41) is 7.36. The van der Waals surface area contributed by atoms with Crippen molar-refractivity contribution in [3.05, 3.63) is 0 Å². The van der Waals surface area contributed by atoms with E-state index in [9.17, 15) is 4.79 Å². The van der Waals surface area contributed by atoms with Gasteiger partial charge in [-0.05, 0) is 26.9 Å². The summed E-state index contributed by atoms with van der Waals surface area (Å²) >= 11 is 0. The van der Waals surface area contributed by atoms with E-state index in [1.807, 2.05) is 6.92 Å². The van der Waals surface area contributed by atoms with Crippen LogP contribution in [-0.2, 0) is 0 Å². The van der Waals surface area contributed by atoms with E-state index in [2.05, 4.69) is 37.2 Å². The highest BCUT2D eigenvalue weighted by Gasteiger charge is 2.21. The number of rotatable bonds is 5. The second-order valence-electron chi connectivity index (χ2n) is 5.99. The molecule has 1 saturated heterocycles. The van der Waals surface area contributed by atoms with Crippen LogP contribution < -0.4 is 5.32 Å². The molecule has 0 bridgehead atoms. The minimum atomic E-state index is -0.0690. The Labute approximate surface area is 130 Å². The van der Waals surface area contributed by atoms with Crippen LogP contribution in [0.2, 0.25) is 0 Å². The van der Waals surface area contributed by atoms with Crippen molar-refractivity contribution in [2.45, 2.75) is 19.8 Å². The zero-order valence-electron chi connectivity index (χ0n) is 13.2. The van der Waals surface area contributed by atoms with Crippen molar-refractivity contribution in [3.63, 3.8) is 0 Å². The Bertz CT molecular complexity index is 572. The highest BCUT2D eigenvalue weighted by molar-refractivity contribution is 6.04. The van der Waals surface area contributed by atoms with E-state index in [1.165, 1.54) is 4.68 Å². The molecule has 1 aromatic heterocycles. The molecule has 0 radical (unpaired) electrons. The maximum Gasteiger partial charge on any atom is 0.257 e. The third-order valence-corrected chi connectivity index (χ3v) is 4.05. The molecule has 2 aliphatic rings. The maximum atomic E-state index is 11.8. The number of aliphatic imine (C=N–C) groups is 1. The fourth-order valence-corrected chi connectivity index (χ4v) is 2.70. The van der Waals surface area contributed by atoms with Gasteiger partial charge in [0.15, 0.2) is 0 Å². The van der Waals surface area contributed by atoms with Crippen LogP contribution in [0.3, 0.4) is 0 Å². The number of aromatic nitrogens is 3. The Morgan fingerprint density at radius 2 is 2.00 bits per heavy atom. The lowest BCUT2D eigenvalue weighted by Gasteiger charge is -2.32. The molecule has 0 unspecified atom stereocenters. The molecule has 120 valence electrons. The topological polar surface area (TPSA) is 78.7 Å². The maximum absolute atomic E-state index is 11.8. The van der Waals surface area contributed by atoms with Crippen LogP contribution in [0.5, 0.6) is 0 Å². The first kappa shape index (κ1) is 15.1. The highest BCUT2D eigenvalue weighted by atomic mass is 16.2. The molecule has 0 aromatic carbocycles. The normalized spacial score (nSPS) is 19.9. The second-order valence-corrected chi connectivity index (χ2v) is 5.99. The van der Waals surface area contributed by atoms with Gasteiger partial charge in [0.1, 0.15) is 0 Å². The van der Waals surface area contributed by atoms with Gasteiger partial charge in [0.25, 0.3) is 11.9 Å². The van der Waals surface area contributed by atoms with Crippen LogP contribution in [0.1, 0.15) is 24.6 Å². The number of likely N-dealkylation sites (N-methyl/N-ethyl adjacent to an activating group) is 1. The predicted octanol–water partition coefficient (Wildman–Crippen LogP) is 0.464. The summed E-state index contributed by atoms with van der Waals surface area (Å²) in [5.74, 6) is 0.802. The lowest BCUT2D eigenvalue weighted by molar-refractivity contribution is 0.0906. The van der Waals surface area contributed by atoms with Gasteiger partial charge in [-0.1, -0.05) is 0 Å². The lowest BCUT2D eigenvalue weighted by Crippen LogP contribution is -2.44. The van der Waals surface area contributed by atoms with Gasteiger partial charge in [0.2, 0.25) is 5.95 Å². The van der Waals surface area contributed by atoms with Crippen LogP contribution in [-0.4, -0.2) is 82.5 Å². The smallest absolute Gasteiger partial charge is 0.257 e. The van der Waals surface area contributed by atoms with Crippen LogP contribution in [0.25, 0.3) is 0 Å². The van der Waals surface area contributed by atoms with Gasteiger partial charge < -0.3 is 15.1 Å². The first-order valence-electron chi connectivity index (χ1n) is 7.81. The SMILES string of the molecule is CC1=Nc2nc(NCCCN3CCN(C)CC3)nn2C(=O)C1. The van der Waals surface area contributed by atoms with Crippen molar-refractivity contribution in [2.24, 2.45) is 4.99 Å².